The number of imidazole rings is 1. The summed E-state index contributed by atoms with van der Waals surface area (Å²) >= 11 is 0. The number of nitrogens with zero attached hydrogens (tertiary/aromatic N) is 4. The minimum atomic E-state index is 0.0425. The summed E-state index contributed by atoms with van der Waals surface area (Å²) in [5.41, 5.74) is 14.6. The summed E-state index contributed by atoms with van der Waals surface area (Å²) in [5.74, 6) is 0.994. The molecule has 5 nitrogen and oxygen atoms in total. The Hall–Kier alpha value is -5.55. The van der Waals surface area contributed by atoms with Crippen LogP contribution in [0, 0.1) is 6.92 Å². The van der Waals surface area contributed by atoms with E-state index < -0.39 is 0 Å². The molecule has 5 heteroatoms. The van der Waals surface area contributed by atoms with Gasteiger partial charge < -0.3 is 9.55 Å². The fourth-order valence-corrected chi connectivity index (χ4v) is 7.05. The molecule has 8 aromatic rings. The van der Waals surface area contributed by atoms with Crippen LogP contribution < -0.4 is 0 Å². The molecule has 1 aliphatic rings. The van der Waals surface area contributed by atoms with Crippen LogP contribution in [0.4, 0.5) is 0 Å². The fraction of sp³-hybridized carbons (Fsp3) is 0.0789. The van der Waals surface area contributed by atoms with Gasteiger partial charge in [0.1, 0.15) is 5.82 Å². The highest BCUT2D eigenvalue weighted by atomic mass is 15.1. The van der Waals surface area contributed by atoms with Crippen molar-refractivity contribution in [3.05, 3.63) is 138 Å². The van der Waals surface area contributed by atoms with Crippen molar-refractivity contribution < 1.29 is 0 Å². The van der Waals surface area contributed by atoms with Crippen molar-refractivity contribution in [1.82, 2.24) is 24.5 Å². The number of aromatic amines is 1. The van der Waals surface area contributed by atoms with Gasteiger partial charge in [0.15, 0.2) is 0 Å². The molecule has 43 heavy (non-hydrogen) atoms. The van der Waals surface area contributed by atoms with Crippen LogP contribution in [-0.2, 0) is 7.05 Å². The standard InChI is InChI=1S/C38H27N5/c1-22-19-29-26-11-3-4-15-31(26)41-35(29)30(20-22)38-42-36-25(12-6-16-32(36)43(38)2)23-9-5-10-24(21-23)33-27-13-7-17-39-34(27)28-14-8-18-40-37(28)33/h3-21,33,41H,1-2H3. The number of aromatic nitrogens is 5. The molecule has 1 aliphatic carbocycles. The molecule has 0 fully saturated rings. The molecule has 4 aromatic carbocycles. The Balaban J connectivity index is 1.22. The first kappa shape index (κ1) is 24.1. The number of rotatable bonds is 3. The minimum absolute atomic E-state index is 0.0425. The van der Waals surface area contributed by atoms with Gasteiger partial charge in [-0.05, 0) is 71.6 Å². The number of benzene rings is 4. The van der Waals surface area contributed by atoms with E-state index >= 15 is 0 Å². The monoisotopic (exact) mass is 553 g/mol. The second-order valence-corrected chi connectivity index (χ2v) is 11.5. The molecule has 0 aliphatic heterocycles. The number of hydrogen-bond donors (Lipinski definition) is 1. The second kappa shape index (κ2) is 8.97. The van der Waals surface area contributed by atoms with Crippen molar-refractivity contribution >= 4 is 32.8 Å². The number of para-hydroxylation sites is 2. The zero-order valence-electron chi connectivity index (χ0n) is 23.8. The number of nitrogens with one attached hydrogen (secondary N) is 1. The van der Waals surface area contributed by atoms with E-state index in [1.165, 1.54) is 27.5 Å². The Bertz CT molecular complexity index is 2350. The van der Waals surface area contributed by atoms with E-state index in [1.54, 1.807) is 0 Å². The average molecular weight is 554 g/mol. The van der Waals surface area contributed by atoms with Gasteiger partial charge in [-0.25, -0.2) is 4.98 Å². The van der Waals surface area contributed by atoms with Gasteiger partial charge in [0.2, 0.25) is 0 Å². The van der Waals surface area contributed by atoms with Crippen LogP contribution in [0.1, 0.15) is 28.3 Å². The van der Waals surface area contributed by atoms with Crippen LogP contribution in [0.3, 0.4) is 0 Å². The molecule has 0 bridgehead atoms. The lowest BCUT2D eigenvalue weighted by atomic mass is 9.90. The Morgan fingerprint density at radius 3 is 2.51 bits per heavy atom. The topological polar surface area (TPSA) is 59.4 Å². The summed E-state index contributed by atoms with van der Waals surface area (Å²) in [6.07, 6.45) is 3.75. The summed E-state index contributed by atoms with van der Waals surface area (Å²) in [4.78, 5) is 18.6. The first-order valence-electron chi connectivity index (χ1n) is 14.6. The molecular weight excluding hydrogens is 526 g/mol. The lowest BCUT2D eigenvalue weighted by Gasteiger charge is -2.14. The van der Waals surface area contributed by atoms with Gasteiger partial charge >= 0.3 is 0 Å². The number of hydrogen-bond acceptors (Lipinski definition) is 3. The van der Waals surface area contributed by atoms with Crippen LogP contribution in [-0.4, -0.2) is 24.5 Å². The van der Waals surface area contributed by atoms with Gasteiger partial charge in [0, 0.05) is 52.4 Å². The maximum absolute atomic E-state index is 5.34. The van der Waals surface area contributed by atoms with Crippen molar-refractivity contribution in [2.45, 2.75) is 12.8 Å². The Labute approximate surface area is 248 Å². The highest BCUT2D eigenvalue weighted by Gasteiger charge is 2.32. The van der Waals surface area contributed by atoms with E-state index in [0.29, 0.717) is 0 Å². The molecule has 1 N–H and O–H groups in total. The van der Waals surface area contributed by atoms with Gasteiger partial charge in [0.25, 0.3) is 0 Å². The Kier molecular flexibility index (Phi) is 5.03. The number of H-pyrrole nitrogens is 1. The minimum Gasteiger partial charge on any atom is -0.354 e. The lowest BCUT2D eigenvalue weighted by molar-refractivity contribution is 0.952. The number of fused-ring (bicyclic) bond motifs is 7. The predicted molar refractivity (Wildman–Crippen MR) is 174 cm³/mol. The van der Waals surface area contributed by atoms with Gasteiger partial charge in [-0.15, -0.1) is 0 Å². The Morgan fingerprint density at radius 2 is 1.56 bits per heavy atom. The van der Waals surface area contributed by atoms with Crippen molar-refractivity contribution in [1.29, 1.82) is 0 Å². The largest absolute Gasteiger partial charge is 0.354 e. The van der Waals surface area contributed by atoms with Gasteiger partial charge in [-0.3, -0.25) is 9.97 Å². The van der Waals surface area contributed by atoms with Crippen LogP contribution in [0.2, 0.25) is 0 Å². The van der Waals surface area contributed by atoms with E-state index in [1.807, 2.05) is 24.5 Å². The molecule has 0 saturated carbocycles. The van der Waals surface area contributed by atoms with Crippen LogP contribution in [0.25, 0.3) is 66.6 Å². The highest BCUT2D eigenvalue weighted by molar-refractivity contribution is 6.12. The summed E-state index contributed by atoms with van der Waals surface area (Å²) in [6, 6.07) is 36.7. The van der Waals surface area contributed by atoms with Crippen molar-refractivity contribution in [2.75, 3.05) is 0 Å². The molecule has 0 spiro atoms. The molecule has 0 amide bonds. The molecule has 204 valence electrons. The number of pyridine rings is 2. The smallest absolute Gasteiger partial charge is 0.143 e. The molecule has 0 radical (unpaired) electrons. The van der Waals surface area contributed by atoms with Gasteiger partial charge in [0.05, 0.1) is 33.9 Å². The van der Waals surface area contributed by atoms with E-state index in [9.17, 15) is 0 Å². The zero-order chi connectivity index (χ0) is 28.7. The third kappa shape index (κ3) is 3.48. The zero-order valence-corrected chi connectivity index (χ0v) is 23.8. The quantitative estimate of drug-likeness (QED) is 0.238. The first-order valence-corrected chi connectivity index (χ1v) is 14.6. The van der Waals surface area contributed by atoms with Crippen molar-refractivity contribution in [2.24, 2.45) is 7.05 Å². The second-order valence-electron chi connectivity index (χ2n) is 11.5. The normalized spacial score (nSPS) is 14.0. The summed E-state index contributed by atoms with van der Waals surface area (Å²) in [6.45, 7) is 2.16. The van der Waals surface area contributed by atoms with Gasteiger partial charge in [-0.2, -0.15) is 0 Å². The summed E-state index contributed by atoms with van der Waals surface area (Å²) in [7, 11) is 2.12. The maximum Gasteiger partial charge on any atom is 0.143 e. The van der Waals surface area contributed by atoms with Gasteiger partial charge in [-0.1, -0.05) is 60.7 Å². The number of aryl methyl sites for hydroxylation is 2. The van der Waals surface area contributed by atoms with Crippen LogP contribution >= 0.6 is 0 Å². The van der Waals surface area contributed by atoms with E-state index in [4.69, 9.17) is 15.0 Å². The lowest BCUT2D eigenvalue weighted by Crippen LogP contribution is -2.01. The van der Waals surface area contributed by atoms with E-state index in [2.05, 4.69) is 115 Å². The average Bonchev–Trinajstić information content (AvgIpc) is 3.70. The van der Waals surface area contributed by atoms with Crippen LogP contribution in [0.15, 0.2) is 116 Å². The molecule has 9 rings (SSSR count). The summed E-state index contributed by atoms with van der Waals surface area (Å²) < 4.78 is 2.22. The highest BCUT2D eigenvalue weighted by Crippen LogP contribution is 2.46. The first-order chi connectivity index (χ1) is 21.2. The van der Waals surface area contributed by atoms with E-state index in [-0.39, 0.29) is 5.92 Å². The summed E-state index contributed by atoms with van der Waals surface area (Å²) in [5, 5.41) is 2.46. The molecule has 4 aromatic heterocycles. The predicted octanol–water partition coefficient (Wildman–Crippen LogP) is 8.80. The molecule has 4 heterocycles. The van der Waals surface area contributed by atoms with Crippen molar-refractivity contribution in [3.8, 4) is 33.8 Å². The van der Waals surface area contributed by atoms with Crippen LogP contribution in [0.5, 0.6) is 0 Å². The fourth-order valence-electron chi connectivity index (χ4n) is 7.05. The van der Waals surface area contributed by atoms with Crippen molar-refractivity contribution in [3.63, 3.8) is 0 Å². The Morgan fingerprint density at radius 1 is 0.721 bits per heavy atom. The molecule has 0 saturated heterocycles. The molecule has 1 unspecified atom stereocenters. The molecular formula is C38H27N5. The molecule has 1 atom stereocenters. The maximum atomic E-state index is 5.34. The van der Waals surface area contributed by atoms with E-state index in [0.717, 1.165) is 61.5 Å². The SMILES string of the molecule is Cc1cc(-c2nc3c(-c4cccc(C5c6cccnc6-c6cccnc65)c4)cccc3n2C)c2[nH]c3ccccc3c2c1. The third-order valence-electron chi connectivity index (χ3n) is 8.96. The third-order valence-corrected chi connectivity index (χ3v) is 8.96.